The molecule has 2 nitrogen and oxygen atoms in total. The standard InChI is InChI=1S/C12H9NO/c14-11-3-1-2-8-4-5-9-6-13-7-10(9)12(8)11/h1-7,13-14H. The predicted molar refractivity (Wildman–Crippen MR) is 57.5 cm³/mol. The Morgan fingerprint density at radius 1 is 0.929 bits per heavy atom. The Bertz CT molecular complexity index is 610. The van der Waals surface area contributed by atoms with Crippen molar-refractivity contribution in [2.75, 3.05) is 0 Å². The zero-order valence-corrected chi connectivity index (χ0v) is 7.49. The van der Waals surface area contributed by atoms with E-state index in [0.29, 0.717) is 5.75 Å². The molecule has 0 fully saturated rings. The molecular formula is C12H9NO. The largest absolute Gasteiger partial charge is 0.507 e. The van der Waals surface area contributed by atoms with E-state index in [9.17, 15) is 5.11 Å². The van der Waals surface area contributed by atoms with Crippen LogP contribution >= 0.6 is 0 Å². The first-order valence-electron chi connectivity index (χ1n) is 4.53. The minimum Gasteiger partial charge on any atom is -0.507 e. The summed E-state index contributed by atoms with van der Waals surface area (Å²) in [6.45, 7) is 0. The van der Waals surface area contributed by atoms with Crippen molar-refractivity contribution in [1.82, 2.24) is 4.98 Å². The van der Waals surface area contributed by atoms with Crippen LogP contribution in [0.2, 0.25) is 0 Å². The average Bonchev–Trinajstić information content (AvgIpc) is 2.65. The van der Waals surface area contributed by atoms with Gasteiger partial charge in [-0.15, -0.1) is 0 Å². The predicted octanol–water partition coefficient (Wildman–Crippen LogP) is 3.03. The van der Waals surface area contributed by atoms with Gasteiger partial charge in [0.15, 0.2) is 0 Å². The SMILES string of the molecule is Oc1cccc2ccc3c[nH]cc3c12. The number of aromatic nitrogens is 1. The molecule has 14 heavy (non-hydrogen) atoms. The quantitative estimate of drug-likeness (QED) is 0.552. The number of rotatable bonds is 0. The van der Waals surface area contributed by atoms with E-state index < -0.39 is 0 Å². The fraction of sp³-hybridized carbons (Fsp3) is 0. The molecular weight excluding hydrogens is 174 g/mol. The van der Waals surface area contributed by atoms with Gasteiger partial charge in [0.05, 0.1) is 0 Å². The Labute approximate surface area is 80.8 Å². The number of hydrogen-bond acceptors (Lipinski definition) is 1. The van der Waals surface area contributed by atoms with Gasteiger partial charge in [-0.25, -0.2) is 0 Å². The summed E-state index contributed by atoms with van der Waals surface area (Å²) in [7, 11) is 0. The molecule has 2 aromatic carbocycles. The Morgan fingerprint density at radius 3 is 2.71 bits per heavy atom. The van der Waals surface area contributed by atoms with Crippen molar-refractivity contribution >= 4 is 21.5 Å². The van der Waals surface area contributed by atoms with Crippen LogP contribution < -0.4 is 0 Å². The highest BCUT2D eigenvalue weighted by Crippen LogP contribution is 2.31. The molecule has 68 valence electrons. The summed E-state index contributed by atoms with van der Waals surface area (Å²) in [6, 6.07) is 9.64. The van der Waals surface area contributed by atoms with Crippen LogP contribution in [0.1, 0.15) is 0 Å². The van der Waals surface area contributed by atoms with Crippen molar-refractivity contribution in [1.29, 1.82) is 0 Å². The number of benzene rings is 2. The van der Waals surface area contributed by atoms with E-state index in [4.69, 9.17) is 0 Å². The zero-order valence-electron chi connectivity index (χ0n) is 7.49. The van der Waals surface area contributed by atoms with Gasteiger partial charge in [-0.2, -0.15) is 0 Å². The average molecular weight is 183 g/mol. The Morgan fingerprint density at radius 2 is 1.79 bits per heavy atom. The fourth-order valence-electron chi connectivity index (χ4n) is 1.90. The number of nitrogens with one attached hydrogen (secondary N) is 1. The summed E-state index contributed by atoms with van der Waals surface area (Å²) in [4.78, 5) is 3.05. The lowest BCUT2D eigenvalue weighted by Crippen LogP contribution is -1.74. The van der Waals surface area contributed by atoms with E-state index in [1.165, 1.54) is 0 Å². The molecule has 0 radical (unpaired) electrons. The van der Waals surface area contributed by atoms with Gasteiger partial charge < -0.3 is 10.1 Å². The van der Waals surface area contributed by atoms with E-state index in [1.807, 2.05) is 36.7 Å². The maximum absolute atomic E-state index is 9.77. The minimum atomic E-state index is 0.340. The lowest BCUT2D eigenvalue weighted by atomic mass is 10.1. The van der Waals surface area contributed by atoms with E-state index >= 15 is 0 Å². The van der Waals surface area contributed by atoms with Gasteiger partial charge in [0.1, 0.15) is 5.75 Å². The van der Waals surface area contributed by atoms with Crippen LogP contribution in [0.3, 0.4) is 0 Å². The Balaban J connectivity index is 2.67. The first kappa shape index (κ1) is 7.44. The van der Waals surface area contributed by atoms with Crippen LogP contribution in [0.15, 0.2) is 42.7 Å². The van der Waals surface area contributed by atoms with E-state index in [2.05, 4.69) is 4.98 Å². The lowest BCUT2D eigenvalue weighted by Gasteiger charge is -2.01. The van der Waals surface area contributed by atoms with Crippen LogP contribution in [0, 0.1) is 0 Å². The topological polar surface area (TPSA) is 36.0 Å². The van der Waals surface area contributed by atoms with E-state index in [0.717, 1.165) is 21.5 Å². The summed E-state index contributed by atoms with van der Waals surface area (Å²) < 4.78 is 0. The van der Waals surface area contributed by atoms with Gasteiger partial charge in [-0.05, 0) is 16.8 Å². The summed E-state index contributed by atoms with van der Waals surface area (Å²) >= 11 is 0. The number of hydrogen-bond donors (Lipinski definition) is 2. The molecule has 0 aliphatic rings. The molecule has 1 heterocycles. The summed E-state index contributed by atoms with van der Waals surface area (Å²) in [5.74, 6) is 0.340. The summed E-state index contributed by atoms with van der Waals surface area (Å²) in [5, 5.41) is 14.0. The lowest BCUT2D eigenvalue weighted by molar-refractivity contribution is 0.482. The molecule has 3 aromatic rings. The summed E-state index contributed by atoms with van der Waals surface area (Å²) in [6.07, 6.45) is 3.85. The molecule has 3 rings (SSSR count). The number of aromatic hydroxyl groups is 1. The number of fused-ring (bicyclic) bond motifs is 3. The normalized spacial score (nSPS) is 11.1. The third-order valence-electron chi connectivity index (χ3n) is 2.56. The molecule has 2 N–H and O–H groups in total. The van der Waals surface area contributed by atoms with Crippen molar-refractivity contribution in [2.45, 2.75) is 0 Å². The zero-order chi connectivity index (χ0) is 9.54. The number of phenolic OH excluding ortho intramolecular Hbond substituents is 1. The first-order chi connectivity index (χ1) is 6.86. The molecule has 0 atom stereocenters. The minimum absolute atomic E-state index is 0.340. The smallest absolute Gasteiger partial charge is 0.124 e. The molecule has 0 saturated carbocycles. The number of H-pyrrole nitrogens is 1. The highest BCUT2D eigenvalue weighted by molar-refractivity contribution is 6.10. The molecule has 0 unspecified atom stereocenters. The molecule has 2 heteroatoms. The molecule has 0 amide bonds. The maximum atomic E-state index is 9.77. The van der Waals surface area contributed by atoms with E-state index in [-0.39, 0.29) is 0 Å². The second-order valence-electron chi connectivity index (χ2n) is 3.40. The van der Waals surface area contributed by atoms with Gasteiger partial charge in [0, 0.05) is 23.2 Å². The second kappa shape index (κ2) is 2.51. The number of aromatic amines is 1. The van der Waals surface area contributed by atoms with Crippen molar-refractivity contribution in [3.8, 4) is 5.75 Å². The van der Waals surface area contributed by atoms with E-state index in [1.54, 1.807) is 6.07 Å². The van der Waals surface area contributed by atoms with Crippen molar-refractivity contribution in [2.24, 2.45) is 0 Å². The third-order valence-corrected chi connectivity index (χ3v) is 2.56. The Kier molecular flexibility index (Phi) is 1.34. The monoisotopic (exact) mass is 183 g/mol. The van der Waals surface area contributed by atoms with Crippen LogP contribution in [0.4, 0.5) is 0 Å². The summed E-state index contributed by atoms with van der Waals surface area (Å²) in [5.41, 5.74) is 0. The second-order valence-corrected chi connectivity index (χ2v) is 3.40. The van der Waals surface area contributed by atoms with Crippen LogP contribution in [-0.4, -0.2) is 10.1 Å². The van der Waals surface area contributed by atoms with Gasteiger partial charge >= 0.3 is 0 Å². The Hall–Kier alpha value is -1.96. The van der Waals surface area contributed by atoms with Gasteiger partial charge in [-0.1, -0.05) is 24.3 Å². The molecule has 0 saturated heterocycles. The highest BCUT2D eigenvalue weighted by Gasteiger charge is 2.04. The van der Waals surface area contributed by atoms with Gasteiger partial charge in [0.2, 0.25) is 0 Å². The highest BCUT2D eigenvalue weighted by atomic mass is 16.3. The van der Waals surface area contributed by atoms with Crippen LogP contribution in [0.5, 0.6) is 5.75 Å². The van der Waals surface area contributed by atoms with Crippen molar-refractivity contribution in [3.05, 3.63) is 42.7 Å². The van der Waals surface area contributed by atoms with Crippen LogP contribution in [0.25, 0.3) is 21.5 Å². The molecule has 0 aliphatic carbocycles. The van der Waals surface area contributed by atoms with Crippen molar-refractivity contribution in [3.63, 3.8) is 0 Å². The van der Waals surface area contributed by atoms with Gasteiger partial charge in [0.25, 0.3) is 0 Å². The fourth-order valence-corrected chi connectivity index (χ4v) is 1.90. The van der Waals surface area contributed by atoms with Crippen molar-refractivity contribution < 1.29 is 5.11 Å². The molecule has 0 bridgehead atoms. The maximum Gasteiger partial charge on any atom is 0.124 e. The number of phenols is 1. The molecule has 0 aliphatic heterocycles. The first-order valence-corrected chi connectivity index (χ1v) is 4.53. The third kappa shape index (κ3) is 0.852. The van der Waals surface area contributed by atoms with Crippen LogP contribution in [-0.2, 0) is 0 Å². The molecule has 0 spiro atoms. The van der Waals surface area contributed by atoms with Gasteiger partial charge in [-0.3, -0.25) is 0 Å². The molecule has 1 aromatic heterocycles.